The Balaban J connectivity index is 0.000000205. The van der Waals surface area contributed by atoms with Crippen molar-refractivity contribution < 1.29 is 0 Å². The lowest BCUT2D eigenvalue weighted by Gasteiger charge is -2.04. The number of aromatic nitrogens is 1. The number of benzene rings is 2. The highest BCUT2D eigenvalue weighted by atomic mass is 14.9. The molecule has 1 nitrogen and oxygen atoms in total. The molecule has 1 heterocycles. The first-order valence-electron chi connectivity index (χ1n) is 6.65. The molecule has 1 heteroatoms. The third-order valence-electron chi connectivity index (χ3n) is 3.02. The van der Waals surface area contributed by atoms with Crippen molar-refractivity contribution in [1.82, 2.24) is 4.57 Å². The SMILES string of the molecule is C=Cc1ccccc1-c1ccccc1.Cn1cccc1. The average Bonchev–Trinajstić information content (AvgIpc) is 3.00. The topological polar surface area (TPSA) is 4.93 Å². The van der Waals surface area contributed by atoms with Gasteiger partial charge in [-0.25, -0.2) is 0 Å². The second-order valence-electron chi connectivity index (χ2n) is 4.51. The van der Waals surface area contributed by atoms with Crippen LogP contribution in [0.3, 0.4) is 0 Å². The van der Waals surface area contributed by atoms with Crippen LogP contribution in [0, 0.1) is 0 Å². The van der Waals surface area contributed by atoms with Crippen molar-refractivity contribution in [3.05, 3.63) is 91.3 Å². The molecule has 0 aliphatic rings. The normalized spacial score (nSPS) is 9.45. The first kappa shape index (κ1) is 13.9. The maximum absolute atomic E-state index is 3.82. The van der Waals surface area contributed by atoms with Gasteiger partial charge in [-0.05, 0) is 28.8 Å². The van der Waals surface area contributed by atoms with E-state index < -0.39 is 0 Å². The molecule has 0 aliphatic heterocycles. The molecule has 1 aromatic heterocycles. The molecule has 0 aliphatic carbocycles. The van der Waals surface area contributed by atoms with E-state index in [1.54, 1.807) is 0 Å². The number of rotatable bonds is 2. The van der Waals surface area contributed by atoms with Gasteiger partial charge in [-0.1, -0.05) is 67.3 Å². The van der Waals surface area contributed by atoms with Crippen molar-refractivity contribution in [2.75, 3.05) is 0 Å². The van der Waals surface area contributed by atoms with Crippen molar-refractivity contribution >= 4 is 6.08 Å². The minimum absolute atomic E-state index is 1.18. The van der Waals surface area contributed by atoms with Crippen LogP contribution in [-0.4, -0.2) is 4.57 Å². The molecular weight excluding hydrogens is 242 g/mol. The molecule has 0 fully saturated rings. The molecule has 3 aromatic rings. The lowest BCUT2D eigenvalue weighted by atomic mass is 10.00. The summed E-state index contributed by atoms with van der Waals surface area (Å²) >= 11 is 0. The Morgan fingerprint density at radius 1 is 0.800 bits per heavy atom. The first-order valence-corrected chi connectivity index (χ1v) is 6.65. The van der Waals surface area contributed by atoms with Gasteiger partial charge in [0, 0.05) is 19.4 Å². The molecule has 0 radical (unpaired) electrons. The molecule has 3 rings (SSSR count). The zero-order valence-corrected chi connectivity index (χ0v) is 11.7. The zero-order valence-electron chi connectivity index (χ0n) is 11.7. The van der Waals surface area contributed by atoms with Gasteiger partial charge in [-0.15, -0.1) is 0 Å². The third kappa shape index (κ3) is 3.72. The lowest BCUT2D eigenvalue weighted by Crippen LogP contribution is -1.81. The quantitative estimate of drug-likeness (QED) is 0.610. The maximum Gasteiger partial charge on any atom is 0.0106 e. The Hall–Kier alpha value is -2.54. The van der Waals surface area contributed by atoms with E-state index in [1.165, 1.54) is 16.7 Å². The van der Waals surface area contributed by atoms with Crippen molar-refractivity contribution in [3.63, 3.8) is 0 Å². The molecule has 0 amide bonds. The van der Waals surface area contributed by atoms with Crippen LogP contribution in [0.4, 0.5) is 0 Å². The minimum Gasteiger partial charge on any atom is -0.357 e. The number of hydrogen-bond donors (Lipinski definition) is 0. The summed E-state index contributed by atoms with van der Waals surface area (Å²) in [4.78, 5) is 0. The highest BCUT2D eigenvalue weighted by Crippen LogP contribution is 2.23. The van der Waals surface area contributed by atoms with E-state index in [-0.39, 0.29) is 0 Å². The molecule has 20 heavy (non-hydrogen) atoms. The molecule has 0 saturated carbocycles. The fraction of sp³-hybridized carbons (Fsp3) is 0.0526. The summed E-state index contributed by atoms with van der Waals surface area (Å²) in [5.74, 6) is 0. The molecule has 0 atom stereocenters. The Morgan fingerprint density at radius 2 is 1.40 bits per heavy atom. The van der Waals surface area contributed by atoms with E-state index in [0.717, 1.165) is 0 Å². The third-order valence-corrected chi connectivity index (χ3v) is 3.02. The van der Waals surface area contributed by atoms with Crippen LogP contribution < -0.4 is 0 Å². The summed E-state index contributed by atoms with van der Waals surface area (Å²) in [6.07, 6.45) is 5.89. The zero-order chi connectivity index (χ0) is 14.2. The lowest BCUT2D eigenvalue weighted by molar-refractivity contribution is 0.928. The van der Waals surface area contributed by atoms with Crippen molar-refractivity contribution in [3.8, 4) is 11.1 Å². The highest BCUT2D eigenvalue weighted by Gasteiger charge is 1.99. The molecule has 0 spiro atoms. The van der Waals surface area contributed by atoms with E-state index in [1.807, 2.05) is 54.3 Å². The predicted molar refractivity (Wildman–Crippen MR) is 87.4 cm³/mol. The summed E-state index contributed by atoms with van der Waals surface area (Å²) in [5.41, 5.74) is 3.66. The minimum atomic E-state index is 1.18. The standard InChI is InChI=1S/C14H12.C5H7N/c1-2-12-8-6-7-11-14(12)13-9-4-3-5-10-13;1-6-4-2-3-5-6/h2-11H,1H2;2-5H,1H3. The summed E-state index contributed by atoms with van der Waals surface area (Å²) in [5, 5.41) is 0. The summed E-state index contributed by atoms with van der Waals surface area (Å²) in [6, 6.07) is 22.6. The van der Waals surface area contributed by atoms with Crippen LogP contribution >= 0.6 is 0 Å². The largest absolute Gasteiger partial charge is 0.357 e. The summed E-state index contributed by atoms with van der Waals surface area (Å²) < 4.78 is 2.00. The van der Waals surface area contributed by atoms with Crippen LogP contribution in [0.2, 0.25) is 0 Å². The summed E-state index contributed by atoms with van der Waals surface area (Å²) in [6.45, 7) is 3.82. The predicted octanol–water partition coefficient (Wildman–Crippen LogP) is 5.02. The van der Waals surface area contributed by atoms with Crippen LogP contribution in [0.25, 0.3) is 17.2 Å². The van der Waals surface area contributed by atoms with Gasteiger partial charge >= 0.3 is 0 Å². The van der Waals surface area contributed by atoms with Crippen molar-refractivity contribution in [2.45, 2.75) is 0 Å². The van der Waals surface area contributed by atoms with Crippen molar-refractivity contribution in [1.29, 1.82) is 0 Å². The Bertz CT molecular complexity index is 637. The van der Waals surface area contributed by atoms with Gasteiger partial charge in [0.25, 0.3) is 0 Å². The van der Waals surface area contributed by atoms with Crippen LogP contribution in [-0.2, 0) is 7.05 Å². The van der Waals surface area contributed by atoms with E-state index in [0.29, 0.717) is 0 Å². The molecule has 100 valence electrons. The van der Waals surface area contributed by atoms with Gasteiger partial charge in [-0.2, -0.15) is 0 Å². The van der Waals surface area contributed by atoms with E-state index >= 15 is 0 Å². The van der Waals surface area contributed by atoms with E-state index in [2.05, 4.69) is 49.0 Å². The van der Waals surface area contributed by atoms with Crippen LogP contribution in [0.15, 0.2) is 85.7 Å². The number of nitrogens with zero attached hydrogens (tertiary/aromatic N) is 1. The Morgan fingerprint density at radius 3 is 1.95 bits per heavy atom. The molecule has 0 unspecified atom stereocenters. The second-order valence-corrected chi connectivity index (χ2v) is 4.51. The van der Waals surface area contributed by atoms with Gasteiger partial charge in [0.1, 0.15) is 0 Å². The monoisotopic (exact) mass is 261 g/mol. The number of aryl methyl sites for hydroxylation is 1. The fourth-order valence-corrected chi connectivity index (χ4v) is 1.98. The van der Waals surface area contributed by atoms with E-state index in [9.17, 15) is 0 Å². The smallest absolute Gasteiger partial charge is 0.0106 e. The van der Waals surface area contributed by atoms with Crippen LogP contribution in [0.5, 0.6) is 0 Å². The molecule has 0 N–H and O–H groups in total. The first-order chi connectivity index (χ1) is 9.81. The fourth-order valence-electron chi connectivity index (χ4n) is 1.98. The maximum atomic E-state index is 3.82. The van der Waals surface area contributed by atoms with Gasteiger partial charge in [0.2, 0.25) is 0 Å². The summed E-state index contributed by atoms with van der Waals surface area (Å²) in [7, 11) is 2.00. The van der Waals surface area contributed by atoms with Gasteiger partial charge in [-0.3, -0.25) is 0 Å². The van der Waals surface area contributed by atoms with Crippen molar-refractivity contribution in [2.24, 2.45) is 7.05 Å². The van der Waals surface area contributed by atoms with Gasteiger partial charge in [0.15, 0.2) is 0 Å². The molecular formula is C19H19N. The molecule has 2 aromatic carbocycles. The molecule has 0 saturated heterocycles. The van der Waals surface area contributed by atoms with Crippen LogP contribution in [0.1, 0.15) is 5.56 Å². The molecule has 0 bridgehead atoms. The average molecular weight is 261 g/mol. The van der Waals surface area contributed by atoms with E-state index in [4.69, 9.17) is 0 Å². The van der Waals surface area contributed by atoms with Gasteiger partial charge in [0.05, 0.1) is 0 Å². The highest BCUT2D eigenvalue weighted by molar-refractivity contribution is 5.74. The Labute approximate surface area is 120 Å². The Kier molecular flexibility index (Phi) is 4.96. The van der Waals surface area contributed by atoms with Gasteiger partial charge < -0.3 is 4.57 Å². The number of hydrogen-bond acceptors (Lipinski definition) is 0. The second kappa shape index (κ2) is 7.15.